The van der Waals surface area contributed by atoms with Gasteiger partial charge in [-0.1, -0.05) is 97.1 Å². The van der Waals surface area contributed by atoms with Gasteiger partial charge >= 0.3 is 0 Å². The van der Waals surface area contributed by atoms with Crippen molar-refractivity contribution in [1.82, 2.24) is 59.4 Å². The van der Waals surface area contributed by atoms with E-state index in [4.69, 9.17) is 21.1 Å². The Labute approximate surface area is 831 Å². The van der Waals surface area contributed by atoms with Crippen LogP contribution in [0.15, 0.2) is 355 Å². The lowest BCUT2D eigenvalue weighted by Gasteiger charge is -2.13. The maximum absolute atomic E-state index is 13.9. The monoisotopic (exact) mass is 1940 g/mol. The molecule has 22 aromatic rings. The van der Waals surface area contributed by atoms with Crippen molar-refractivity contribution in [2.24, 2.45) is 12.8 Å². The van der Waals surface area contributed by atoms with Crippen LogP contribution < -0.4 is 16.9 Å². The summed E-state index contributed by atoms with van der Waals surface area (Å²) in [4.78, 5) is 83.7. The highest BCUT2D eigenvalue weighted by atomic mass is 32.1. The number of thiazole rings is 3. The molecule has 143 heavy (non-hydrogen) atoms. The molecule has 0 saturated heterocycles. The first-order valence-corrected chi connectivity index (χ1v) is 48.5. The summed E-state index contributed by atoms with van der Waals surface area (Å²) in [5.41, 5.74) is 42.9. The van der Waals surface area contributed by atoms with Crippen molar-refractivity contribution in [3.63, 3.8) is 0 Å². The third-order valence-corrected chi connectivity index (χ3v) is 27.3. The average molecular weight is 1940 g/mol. The van der Waals surface area contributed by atoms with Crippen molar-refractivity contribution in [3.05, 3.63) is 428 Å². The van der Waals surface area contributed by atoms with Gasteiger partial charge in [0.05, 0.1) is 110 Å². The van der Waals surface area contributed by atoms with Crippen molar-refractivity contribution in [1.29, 1.82) is 5.41 Å². The Morgan fingerprint density at radius 3 is 1.29 bits per heavy atom. The number of rotatable bonds is 17. The van der Waals surface area contributed by atoms with Gasteiger partial charge in [-0.2, -0.15) is 0 Å². The first kappa shape index (κ1) is 94.7. The third-order valence-electron chi connectivity index (χ3n) is 24.9. The van der Waals surface area contributed by atoms with Crippen molar-refractivity contribution < 1.29 is 27.5 Å². The van der Waals surface area contributed by atoms with Crippen molar-refractivity contribution in [2.45, 2.75) is 59.8 Å². The maximum Gasteiger partial charge on any atom is 0.260 e. The third kappa shape index (κ3) is 21.1. The second-order valence-electron chi connectivity index (χ2n) is 34.8. The summed E-state index contributed by atoms with van der Waals surface area (Å²) in [6.45, 7) is 8.57. The number of hydrogen-bond donors (Lipinski definition) is 4. The molecule has 0 atom stereocenters. The number of phenols is 1. The van der Waals surface area contributed by atoms with E-state index in [-0.39, 0.29) is 45.9 Å². The number of aromatic amines is 1. The summed E-state index contributed by atoms with van der Waals surface area (Å²) < 4.78 is 59.9. The van der Waals surface area contributed by atoms with E-state index >= 15 is 0 Å². The van der Waals surface area contributed by atoms with Gasteiger partial charge in [0, 0.05) is 135 Å². The molecule has 0 aliphatic heterocycles. The van der Waals surface area contributed by atoms with Gasteiger partial charge in [0.25, 0.3) is 11.1 Å². The van der Waals surface area contributed by atoms with Crippen LogP contribution in [0.4, 0.5) is 17.6 Å². The number of carbonyl (C=O) groups excluding carboxylic acids is 1. The molecule has 23 rings (SSSR count). The van der Waals surface area contributed by atoms with Crippen LogP contribution in [-0.4, -0.2) is 76.5 Å². The lowest BCUT2D eigenvalue weighted by atomic mass is 9.94. The summed E-state index contributed by atoms with van der Waals surface area (Å²) in [6.07, 6.45) is 17.3. The van der Waals surface area contributed by atoms with Crippen LogP contribution in [-0.2, 0) is 18.3 Å². The number of aromatic hydroxyl groups is 1. The number of pyridine rings is 5. The number of H-pyrrole nitrogens is 1. The minimum atomic E-state index is -0.246. The summed E-state index contributed by atoms with van der Waals surface area (Å²) in [7, 11) is 1.72. The maximum atomic E-state index is 13.9. The molecular formula is C118H88F4N14O4S3. The zero-order valence-corrected chi connectivity index (χ0v) is 80.5. The van der Waals surface area contributed by atoms with Gasteiger partial charge in [-0.3, -0.25) is 39.3 Å². The number of nitrogens with one attached hydrogen (secondary N) is 2. The van der Waals surface area contributed by atoms with E-state index < -0.39 is 0 Å². The van der Waals surface area contributed by atoms with E-state index in [9.17, 15) is 37.1 Å². The molecule has 10 heterocycles. The molecular weight excluding hydrogens is 1850 g/mol. The van der Waals surface area contributed by atoms with E-state index in [1.165, 1.54) is 66.0 Å². The fourth-order valence-electron chi connectivity index (χ4n) is 17.2. The summed E-state index contributed by atoms with van der Waals surface area (Å²) in [5.74, 6) is 0.0823. The lowest BCUT2D eigenvalue weighted by Crippen LogP contribution is -2.16. The number of ketones is 1. The smallest absolute Gasteiger partial charge is 0.260 e. The Kier molecular flexibility index (Phi) is 27.7. The molecule has 25 heteroatoms. The molecule has 0 unspecified atom stereocenters. The molecule has 1 aliphatic carbocycles. The van der Waals surface area contributed by atoms with Gasteiger partial charge in [-0.15, -0.1) is 34.0 Å². The van der Waals surface area contributed by atoms with Gasteiger partial charge in [0.15, 0.2) is 0 Å². The first-order valence-electron chi connectivity index (χ1n) is 45.8. The normalized spacial score (nSPS) is 11.7. The highest BCUT2D eigenvalue weighted by molar-refractivity contribution is 7.17. The molecule has 1 fully saturated rings. The quantitative estimate of drug-likeness (QED) is 0.0487. The number of halogens is 4. The highest BCUT2D eigenvalue weighted by Crippen LogP contribution is 2.45. The van der Waals surface area contributed by atoms with Crippen LogP contribution in [0, 0.1) is 56.4 Å². The topological polar surface area (TPSA) is 271 Å². The number of nitrogens with zero attached hydrogens (tertiary/aromatic N) is 11. The van der Waals surface area contributed by atoms with Crippen LogP contribution in [0.5, 0.6) is 5.75 Å². The largest absolute Gasteiger partial charge is 0.508 e. The van der Waals surface area contributed by atoms with E-state index in [1.54, 1.807) is 155 Å². The van der Waals surface area contributed by atoms with Gasteiger partial charge in [0.2, 0.25) is 0 Å². The predicted molar refractivity (Wildman–Crippen MR) is 570 cm³/mol. The molecule has 0 spiro atoms. The average Bonchev–Trinajstić information content (AvgIpc) is 1.62. The van der Waals surface area contributed by atoms with Crippen molar-refractivity contribution in [2.75, 3.05) is 0 Å². The van der Waals surface area contributed by atoms with Crippen molar-refractivity contribution >= 4 is 104 Å². The number of Topliss-reactive ketones (excluding diaryl/α,β-unsaturated/α-hetero) is 1. The first-order chi connectivity index (χ1) is 69.5. The molecule has 18 nitrogen and oxygen atoms in total. The van der Waals surface area contributed by atoms with E-state index in [0.29, 0.717) is 62.0 Å². The standard InChI is InChI=1S/C28H21FN2OS.C25H17FN2OS.C23H19N3O.C22H17FN4S.C20H14FN3O/c1-17-10-22(6-8-25(17)29)28-24(21-7-9-26-27(14-21)33-16-31-26)13-23(15-30-28)20-5-3-4-19(12-20)11-18(2)32;1-15-9-18(5-7-22(15)26)25-21(17-6-8-23-24(12-17)30-14-28-23)11-19(13-27-25)16-3-2-4-20(29)10-16;1-26-14-25-21-10-9-17(13-20(21)23(26)27)19-6-3-11-24-22(19)18-5-2-4-16(12-18)15-7-8-15;1-13-6-15(2-4-19(13)23)22-18(7-16(11-26-22)17(9-24)10-25)14-3-5-20-21(8-14)28-12-27-20;1-12-9-14(4-6-17(12)21)19-15(3-2-8-22-19)13-5-7-18-16(10-13)20(25)24-11-23-18/h3-10,12-16H,11H2,1-2H3;2-14,29H,1H3;2-6,9-15H,7-8H2,1H3;2-12,24H,25H2,1H3;2-11H,1H3,(H,23,24,25)/b;;;17-10+,24-9?;. The second-order valence-corrected chi connectivity index (χ2v) is 37.4. The number of carbonyl (C=O) groups is 1. The Morgan fingerprint density at radius 2 is 0.825 bits per heavy atom. The van der Waals surface area contributed by atoms with Gasteiger partial charge in [0.1, 0.15) is 34.8 Å². The number of hydrogen-bond acceptors (Lipinski definition) is 19. The van der Waals surface area contributed by atoms with Crippen LogP contribution in [0.1, 0.15) is 64.6 Å². The molecule has 12 aromatic carbocycles. The molecule has 10 aromatic heterocycles. The number of fused-ring (bicyclic) bond motifs is 5. The number of phenolic OH excluding ortho intramolecular Hbond substituents is 1. The fraction of sp³-hybridized carbons (Fsp3) is 0.0847. The molecule has 0 amide bonds. The number of nitrogens with two attached hydrogens (primary N) is 1. The second kappa shape index (κ2) is 41.8. The van der Waals surface area contributed by atoms with Crippen LogP contribution in [0.25, 0.3) is 192 Å². The summed E-state index contributed by atoms with van der Waals surface area (Å²) in [6, 6.07) is 87.5. The van der Waals surface area contributed by atoms with Crippen molar-refractivity contribution in [3.8, 4) is 140 Å². The van der Waals surface area contributed by atoms with E-state index in [1.807, 2.05) is 162 Å². The van der Waals surface area contributed by atoms with Gasteiger partial charge in [-0.25, -0.2) is 42.5 Å². The number of allylic oxidation sites excluding steroid dienone is 1. The Morgan fingerprint density at radius 1 is 0.413 bits per heavy atom. The number of aromatic nitrogens is 12. The molecule has 0 bridgehead atoms. The fourth-order valence-corrected chi connectivity index (χ4v) is 19.4. The Bertz CT molecular complexity index is 8850. The molecule has 1 saturated carbocycles. The Balaban J connectivity index is 0.000000114. The number of benzene rings is 12. The lowest BCUT2D eigenvalue weighted by molar-refractivity contribution is -0.116. The highest BCUT2D eigenvalue weighted by Gasteiger charge is 2.26. The Hall–Kier alpha value is -17.3. The minimum absolute atomic E-state index is 0.0389. The van der Waals surface area contributed by atoms with Crippen LogP contribution in [0.3, 0.4) is 0 Å². The summed E-state index contributed by atoms with van der Waals surface area (Å²) in [5, 5.41) is 18.6. The zero-order valence-electron chi connectivity index (χ0n) is 78.1. The van der Waals surface area contributed by atoms with E-state index in [0.717, 1.165) is 176 Å². The van der Waals surface area contributed by atoms with Gasteiger partial charge < -0.3 is 25.8 Å². The predicted octanol–water partition coefficient (Wildman–Crippen LogP) is 28.2. The molecule has 0 radical (unpaired) electrons. The zero-order chi connectivity index (χ0) is 99.1. The summed E-state index contributed by atoms with van der Waals surface area (Å²) >= 11 is 4.76. The van der Waals surface area contributed by atoms with Crippen LogP contribution in [0.2, 0.25) is 0 Å². The molecule has 5 N–H and O–H groups in total. The molecule has 700 valence electrons. The molecule has 1 aliphatic rings. The van der Waals surface area contributed by atoms with Crippen LogP contribution >= 0.6 is 34.0 Å². The van der Waals surface area contributed by atoms with E-state index in [2.05, 4.69) is 112 Å². The van der Waals surface area contributed by atoms with Gasteiger partial charge in [-0.05, 0) is 308 Å². The SMILES string of the molecule is CC(=O)Cc1cccc(-c2cnc(-c3ccc(F)c(C)c3)c(-c3ccc4ncsc4c3)c2)c1.Cc1cc(-c2ncc(-c3cccc(O)c3)cc2-c2ccc3ncsc3c2)ccc1F.Cc1cc(-c2ncc(/C(C=N)=C/N)cc2-c2ccc3ncsc3c2)ccc1F.Cc1cc(-c2ncccc2-c2ccc3nc[nH]c(=O)c3c2)ccc1F.Cn1cnc2ccc(-c3cccnc3-c3cccc(C4CC4)c3)cc2c1=O. The minimum Gasteiger partial charge on any atom is -0.508 e. The number of aryl methyl sites for hydroxylation is 5.